The van der Waals surface area contributed by atoms with Crippen LogP contribution in [0, 0.1) is 3.57 Å². The molecule has 0 N–H and O–H groups in total. The molecule has 0 spiro atoms. The number of carbonyl (C=O) groups is 2. The zero-order valence-electron chi connectivity index (χ0n) is 14.4. The summed E-state index contributed by atoms with van der Waals surface area (Å²) in [5.41, 5.74) is 2.05. The number of imide groups is 1. The predicted molar refractivity (Wildman–Crippen MR) is 115 cm³/mol. The van der Waals surface area contributed by atoms with Crippen molar-refractivity contribution in [3.63, 3.8) is 0 Å². The summed E-state index contributed by atoms with van der Waals surface area (Å²) in [6.45, 7) is 2.81. The molecule has 0 radical (unpaired) electrons. The number of halogens is 2. The van der Waals surface area contributed by atoms with Crippen molar-refractivity contribution in [2.45, 2.75) is 0 Å². The topological polar surface area (TPSA) is 43.9 Å². The molecule has 1 fully saturated rings. The van der Waals surface area contributed by atoms with E-state index in [1.54, 1.807) is 6.07 Å². The van der Waals surface area contributed by atoms with Crippen molar-refractivity contribution in [3.05, 3.63) is 68.9 Å². The summed E-state index contributed by atoms with van der Waals surface area (Å²) in [7, 11) is 0. The van der Waals surface area contributed by atoms with Gasteiger partial charge in [0.15, 0.2) is 0 Å². The van der Waals surface area contributed by atoms with Crippen LogP contribution < -0.4 is 9.80 Å². The quantitative estimate of drug-likeness (QED) is 0.485. The van der Waals surface area contributed by atoms with E-state index in [1.165, 1.54) is 4.90 Å². The van der Waals surface area contributed by atoms with Gasteiger partial charge in [0.1, 0.15) is 10.7 Å². The molecule has 4 rings (SSSR count). The van der Waals surface area contributed by atoms with E-state index in [2.05, 4.69) is 39.6 Å². The lowest BCUT2D eigenvalue weighted by Crippen LogP contribution is -2.47. The molecule has 138 valence electrons. The molecular formula is C20H17ClIN3O2. The third-order valence-corrected chi connectivity index (χ3v) is 6.07. The highest BCUT2D eigenvalue weighted by atomic mass is 127. The fourth-order valence-corrected chi connectivity index (χ4v) is 4.36. The summed E-state index contributed by atoms with van der Waals surface area (Å²) in [6.07, 6.45) is 0. The van der Waals surface area contributed by atoms with E-state index in [-0.39, 0.29) is 10.9 Å². The molecule has 5 nitrogen and oxygen atoms in total. The second-order valence-electron chi connectivity index (χ2n) is 6.37. The maximum atomic E-state index is 13.0. The van der Waals surface area contributed by atoms with Crippen LogP contribution in [0.3, 0.4) is 0 Å². The summed E-state index contributed by atoms with van der Waals surface area (Å²) in [6, 6.07) is 17.5. The van der Waals surface area contributed by atoms with Gasteiger partial charge in [-0.05, 0) is 46.9 Å². The van der Waals surface area contributed by atoms with Gasteiger partial charge in [0.05, 0.1) is 5.69 Å². The Morgan fingerprint density at radius 2 is 1.37 bits per heavy atom. The smallest absolute Gasteiger partial charge is 0.283 e. The number of hydrogen-bond acceptors (Lipinski definition) is 4. The van der Waals surface area contributed by atoms with Crippen LogP contribution in [0.1, 0.15) is 0 Å². The van der Waals surface area contributed by atoms with Gasteiger partial charge in [-0.2, -0.15) is 0 Å². The zero-order valence-corrected chi connectivity index (χ0v) is 17.4. The number of hydrogen-bond donors (Lipinski definition) is 0. The minimum Gasteiger partial charge on any atom is -0.368 e. The first-order valence-corrected chi connectivity index (χ1v) is 10.1. The Morgan fingerprint density at radius 1 is 0.778 bits per heavy atom. The average molecular weight is 494 g/mol. The predicted octanol–water partition coefficient (Wildman–Crippen LogP) is 3.44. The van der Waals surface area contributed by atoms with E-state index in [9.17, 15) is 9.59 Å². The van der Waals surface area contributed by atoms with Crippen molar-refractivity contribution in [2.75, 3.05) is 36.0 Å². The van der Waals surface area contributed by atoms with Gasteiger partial charge >= 0.3 is 0 Å². The number of anilines is 2. The standard InChI is InChI=1S/C20H17ClIN3O2/c21-17-18(20(27)25(19(17)26)16-9-5-4-8-15(16)22)24-12-10-23(11-13-24)14-6-2-1-3-7-14/h1-9H,10-13H2. The molecule has 2 heterocycles. The van der Waals surface area contributed by atoms with Gasteiger partial charge < -0.3 is 9.80 Å². The van der Waals surface area contributed by atoms with Crippen molar-refractivity contribution in [2.24, 2.45) is 0 Å². The average Bonchev–Trinajstić information content (AvgIpc) is 2.92. The number of nitrogens with zero attached hydrogens (tertiary/aromatic N) is 3. The minimum atomic E-state index is -0.453. The molecule has 2 aliphatic heterocycles. The molecule has 27 heavy (non-hydrogen) atoms. The van der Waals surface area contributed by atoms with Crippen molar-refractivity contribution in [1.29, 1.82) is 0 Å². The first kappa shape index (κ1) is 18.3. The number of carbonyl (C=O) groups excluding carboxylic acids is 2. The van der Waals surface area contributed by atoms with Crippen LogP contribution in [-0.4, -0.2) is 42.9 Å². The Balaban J connectivity index is 1.54. The Morgan fingerprint density at radius 3 is 2.04 bits per heavy atom. The highest BCUT2D eigenvalue weighted by Gasteiger charge is 2.42. The summed E-state index contributed by atoms with van der Waals surface area (Å²) in [5, 5.41) is 0.00724. The lowest BCUT2D eigenvalue weighted by Gasteiger charge is -2.37. The third-order valence-electron chi connectivity index (χ3n) is 4.82. The first-order chi connectivity index (χ1) is 13.1. The van der Waals surface area contributed by atoms with Gasteiger partial charge in [0.25, 0.3) is 11.8 Å². The molecule has 0 saturated carbocycles. The summed E-state index contributed by atoms with van der Waals surface area (Å²) >= 11 is 8.44. The monoisotopic (exact) mass is 493 g/mol. The molecule has 2 aromatic carbocycles. The fourth-order valence-electron chi connectivity index (χ4n) is 3.44. The SMILES string of the molecule is O=C1C(Cl)=C(N2CCN(c3ccccc3)CC2)C(=O)N1c1ccccc1I. The maximum absolute atomic E-state index is 13.0. The van der Waals surface area contributed by atoms with Crippen LogP contribution in [0.15, 0.2) is 65.3 Å². The second kappa shape index (κ2) is 7.52. The van der Waals surface area contributed by atoms with Crippen LogP contribution in [0.25, 0.3) is 0 Å². The number of benzene rings is 2. The number of amides is 2. The van der Waals surface area contributed by atoms with Crippen molar-refractivity contribution < 1.29 is 9.59 Å². The van der Waals surface area contributed by atoms with Crippen molar-refractivity contribution >= 4 is 57.4 Å². The van der Waals surface area contributed by atoms with Crippen LogP contribution in [0.2, 0.25) is 0 Å². The molecule has 2 aliphatic rings. The first-order valence-electron chi connectivity index (χ1n) is 8.66. The van der Waals surface area contributed by atoms with Crippen molar-refractivity contribution in [3.8, 4) is 0 Å². The van der Waals surface area contributed by atoms with Gasteiger partial charge in [-0.15, -0.1) is 0 Å². The van der Waals surface area contributed by atoms with Gasteiger partial charge in [-0.25, -0.2) is 4.90 Å². The van der Waals surface area contributed by atoms with Gasteiger partial charge in [-0.3, -0.25) is 9.59 Å². The van der Waals surface area contributed by atoms with E-state index in [4.69, 9.17) is 11.6 Å². The molecule has 1 saturated heterocycles. The fraction of sp³-hybridized carbons (Fsp3) is 0.200. The second-order valence-corrected chi connectivity index (χ2v) is 7.91. The highest BCUT2D eigenvalue weighted by Crippen LogP contribution is 2.34. The minimum absolute atomic E-state index is 0.00724. The normalized spacial score (nSPS) is 17.9. The van der Waals surface area contributed by atoms with E-state index in [1.807, 2.05) is 41.3 Å². The Hall–Kier alpha value is -2.06. The van der Waals surface area contributed by atoms with E-state index < -0.39 is 5.91 Å². The molecular weight excluding hydrogens is 477 g/mol. The Kier molecular flexibility index (Phi) is 5.10. The number of para-hydroxylation sites is 2. The molecule has 0 aromatic heterocycles. The van der Waals surface area contributed by atoms with E-state index in [0.717, 1.165) is 22.3 Å². The molecule has 2 amide bonds. The van der Waals surface area contributed by atoms with Crippen molar-refractivity contribution in [1.82, 2.24) is 4.90 Å². The Labute approximate surface area is 176 Å². The highest BCUT2D eigenvalue weighted by molar-refractivity contribution is 14.1. The Bertz CT molecular complexity index is 924. The summed E-state index contributed by atoms with van der Waals surface area (Å²) in [5.74, 6) is -0.798. The lowest BCUT2D eigenvalue weighted by molar-refractivity contribution is -0.121. The maximum Gasteiger partial charge on any atom is 0.283 e. The van der Waals surface area contributed by atoms with Crippen LogP contribution in [0.5, 0.6) is 0 Å². The molecule has 0 unspecified atom stereocenters. The third kappa shape index (κ3) is 3.32. The van der Waals surface area contributed by atoms with E-state index in [0.29, 0.717) is 24.5 Å². The van der Waals surface area contributed by atoms with Crippen LogP contribution >= 0.6 is 34.2 Å². The van der Waals surface area contributed by atoms with Gasteiger partial charge in [-0.1, -0.05) is 41.9 Å². The molecule has 0 atom stereocenters. The number of piperazine rings is 1. The molecule has 0 bridgehead atoms. The van der Waals surface area contributed by atoms with Gasteiger partial charge in [0.2, 0.25) is 0 Å². The molecule has 2 aromatic rings. The lowest BCUT2D eigenvalue weighted by atomic mass is 10.2. The summed E-state index contributed by atoms with van der Waals surface area (Å²) < 4.78 is 0.830. The van der Waals surface area contributed by atoms with Gasteiger partial charge in [0, 0.05) is 35.4 Å². The number of rotatable bonds is 3. The largest absolute Gasteiger partial charge is 0.368 e. The van der Waals surface area contributed by atoms with Crippen LogP contribution in [0.4, 0.5) is 11.4 Å². The van der Waals surface area contributed by atoms with Crippen LogP contribution in [-0.2, 0) is 9.59 Å². The summed E-state index contributed by atoms with van der Waals surface area (Å²) in [4.78, 5) is 31.1. The zero-order chi connectivity index (χ0) is 19.0. The molecule has 7 heteroatoms. The van der Waals surface area contributed by atoms with E-state index >= 15 is 0 Å². The molecule has 0 aliphatic carbocycles.